The quantitative estimate of drug-likeness (QED) is 0.681. The van der Waals surface area contributed by atoms with Gasteiger partial charge in [-0.2, -0.15) is 0 Å². The first-order chi connectivity index (χ1) is 11.5. The van der Waals surface area contributed by atoms with E-state index < -0.39 is 18.5 Å². The van der Waals surface area contributed by atoms with Crippen LogP contribution in [0.5, 0.6) is 11.5 Å². The van der Waals surface area contributed by atoms with E-state index in [1.54, 1.807) is 0 Å². The van der Waals surface area contributed by atoms with E-state index >= 15 is 0 Å². The lowest BCUT2D eigenvalue weighted by Crippen LogP contribution is -2.35. The van der Waals surface area contributed by atoms with Crippen LogP contribution in [-0.4, -0.2) is 49.6 Å². The van der Waals surface area contributed by atoms with Crippen molar-refractivity contribution in [3.63, 3.8) is 0 Å². The SMILES string of the molecule is CCOc1c(Br)cc(C(=O)OCC(=O)N2CCCC2=O)cc1OC. The first kappa shape index (κ1) is 18.3. The number of nitrogens with zero attached hydrogens (tertiary/aromatic N) is 1. The van der Waals surface area contributed by atoms with Crippen molar-refractivity contribution in [3.05, 3.63) is 22.2 Å². The van der Waals surface area contributed by atoms with E-state index in [1.807, 2.05) is 6.92 Å². The monoisotopic (exact) mass is 399 g/mol. The molecule has 1 aliphatic heterocycles. The van der Waals surface area contributed by atoms with Crippen LogP contribution in [0.25, 0.3) is 0 Å². The summed E-state index contributed by atoms with van der Waals surface area (Å²) in [5.41, 5.74) is 0.211. The van der Waals surface area contributed by atoms with Crippen molar-refractivity contribution in [2.45, 2.75) is 19.8 Å². The van der Waals surface area contributed by atoms with E-state index in [1.165, 1.54) is 19.2 Å². The summed E-state index contributed by atoms with van der Waals surface area (Å²) in [5, 5.41) is 0. The van der Waals surface area contributed by atoms with Gasteiger partial charge < -0.3 is 14.2 Å². The van der Waals surface area contributed by atoms with Crippen molar-refractivity contribution in [1.29, 1.82) is 0 Å². The second-order valence-corrected chi connectivity index (χ2v) is 5.90. The molecule has 1 aromatic carbocycles. The molecule has 0 aliphatic carbocycles. The average molecular weight is 400 g/mol. The molecule has 0 atom stereocenters. The number of benzene rings is 1. The fourth-order valence-corrected chi connectivity index (χ4v) is 2.88. The van der Waals surface area contributed by atoms with Gasteiger partial charge in [-0.25, -0.2) is 4.79 Å². The van der Waals surface area contributed by atoms with Gasteiger partial charge in [-0.1, -0.05) is 0 Å². The first-order valence-corrected chi connectivity index (χ1v) is 8.27. The number of amides is 2. The second-order valence-electron chi connectivity index (χ2n) is 5.04. The van der Waals surface area contributed by atoms with E-state index in [2.05, 4.69) is 15.9 Å². The Morgan fingerprint density at radius 2 is 2.08 bits per heavy atom. The molecule has 24 heavy (non-hydrogen) atoms. The molecule has 0 aromatic heterocycles. The summed E-state index contributed by atoms with van der Waals surface area (Å²) in [4.78, 5) is 36.6. The lowest BCUT2D eigenvalue weighted by atomic mass is 10.2. The minimum atomic E-state index is -0.683. The fourth-order valence-electron chi connectivity index (χ4n) is 2.32. The number of methoxy groups -OCH3 is 1. The zero-order valence-corrected chi connectivity index (χ0v) is 15.1. The van der Waals surface area contributed by atoms with Crippen molar-refractivity contribution in [2.75, 3.05) is 26.9 Å². The number of ether oxygens (including phenoxy) is 3. The number of esters is 1. The lowest BCUT2D eigenvalue weighted by Gasteiger charge is -2.15. The van der Waals surface area contributed by atoms with Gasteiger partial charge in [0.25, 0.3) is 5.91 Å². The molecule has 1 aliphatic rings. The summed E-state index contributed by atoms with van der Waals surface area (Å²) in [5.74, 6) is -0.573. The molecule has 0 spiro atoms. The van der Waals surface area contributed by atoms with E-state index in [0.717, 1.165) is 4.90 Å². The van der Waals surface area contributed by atoms with Crippen LogP contribution >= 0.6 is 15.9 Å². The summed E-state index contributed by atoms with van der Waals surface area (Å²) in [6.07, 6.45) is 0.990. The standard InChI is InChI=1S/C16H18BrNO6/c1-3-23-15-11(17)7-10(8-12(15)22-2)16(21)24-9-14(20)18-6-4-5-13(18)19/h7-8H,3-6,9H2,1-2H3. The molecule has 2 amide bonds. The number of hydrogen-bond acceptors (Lipinski definition) is 6. The number of carbonyl (C=O) groups is 3. The van der Waals surface area contributed by atoms with Gasteiger partial charge in [0, 0.05) is 13.0 Å². The Labute approximate surface area is 148 Å². The summed E-state index contributed by atoms with van der Waals surface area (Å²) < 4.78 is 16.2. The molecular formula is C16H18BrNO6. The van der Waals surface area contributed by atoms with E-state index in [9.17, 15) is 14.4 Å². The van der Waals surface area contributed by atoms with Crippen LogP contribution in [0, 0.1) is 0 Å². The van der Waals surface area contributed by atoms with Gasteiger partial charge in [-0.3, -0.25) is 14.5 Å². The molecule has 1 heterocycles. The Hall–Kier alpha value is -2.09. The molecule has 1 aromatic rings. The highest BCUT2D eigenvalue weighted by Crippen LogP contribution is 2.36. The number of rotatable bonds is 6. The van der Waals surface area contributed by atoms with Crippen LogP contribution in [0.1, 0.15) is 30.1 Å². The number of likely N-dealkylation sites (tertiary alicyclic amines) is 1. The lowest BCUT2D eigenvalue weighted by molar-refractivity contribution is -0.143. The number of carbonyl (C=O) groups excluding carboxylic acids is 3. The summed E-state index contributed by atoms with van der Waals surface area (Å²) in [6.45, 7) is 2.17. The number of hydrogen-bond donors (Lipinski definition) is 0. The topological polar surface area (TPSA) is 82.1 Å². The highest BCUT2D eigenvalue weighted by atomic mass is 79.9. The van der Waals surface area contributed by atoms with Crippen molar-refractivity contribution in [3.8, 4) is 11.5 Å². The smallest absolute Gasteiger partial charge is 0.338 e. The molecule has 2 rings (SSSR count). The molecule has 0 saturated carbocycles. The zero-order valence-electron chi connectivity index (χ0n) is 13.5. The second kappa shape index (κ2) is 8.14. The van der Waals surface area contributed by atoms with Gasteiger partial charge in [0.15, 0.2) is 18.1 Å². The van der Waals surface area contributed by atoms with Gasteiger partial charge >= 0.3 is 5.97 Å². The van der Waals surface area contributed by atoms with Crippen LogP contribution in [-0.2, 0) is 14.3 Å². The maximum absolute atomic E-state index is 12.1. The molecule has 7 nitrogen and oxygen atoms in total. The van der Waals surface area contributed by atoms with Crippen molar-refractivity contribution in [1.82, 2.24) is 4.90 Å². The Morgan fingerprint density at radius 1 is 1.33 bits per heavy atom. The first-order valence-electron chi connectivity index (χ1n) is 7.48. The van der Waals surface area contributed by atoms with Crippen LogP contribution < -0.4 is 9.47 Å². The molecule has 0 N–H and O–H groups in total. The van der Waals surface area contributed by atoms with Gasteiger partial charge in [0.1, 0.15) is 0 Å². The summed E-state index contributed by atoms with van der Waals surface area (Å²) in [7, 11) is 1.46. The predicted molar refractivity (Wildman–Crippen MR) is 88.1 cm³/mol. The van der Waals surface area contributed by atoms with Crippen LogP contribution in [0.3, 0.4) is 0 Å². The normalized spacial score (nSPS) is 13.8. The summed E-state index contributed by atoms with van der Waals surface area (Å²) >= 11 is 3.32. The van der Waals surface area contributed by atoms with E-state index in [-0.39, 0.29) is 11.5 Å². The zero-order chi connectivity index (χ0) is 17.7. The largest absolute Gasteiger partial charge is 0.493 e. The third-order valence-electron chi connectivity index (χ3n) is 3.46. The van der Waals surface area contributed by atoms with Crippen LogP contribution in [0.4, 0.5) is 0 Å². The minimum Gasteiger partial charge on any atom is -0.493 e. The van der Waals surface area contributed by atoms with Crippen molar-refractivity contribution < 1.29 is 28.6 Å². The Bertz CT molecular complexity index is 660. The molecular weight excluding hydrogens is 382 g/mol. The van der Waals surface area contributed by atoms with Crippen molar-refractivity contribution >= 4 is 33.7 Å². The Balaban J connectivity index is 2.05. The molecule has 1 saturated heterocycles. The Morgan fingerprint density at radius 3 is 2.67 bits per heavy atom. The molecule has 1 fully saturated rings. The molecule has 8 heteroatoms. The maximum Gasteiger partial charge on any atom is 0.338 e. The fraction of sp³-hybridized carbons (Fsp3) is 0.438. The maximum atomic E-state index is 12.1. The average Bonchev–Trinajstić information content (AvgIpc) is 3.00. The highest BCUT2D eigenvalue weighted by Gasteiger charge is 2.27. The van der Waals surface area contributed by atoms with Crippen LogP contribution in [0.15, 0.2) is 16.6 Å². The van der Waals surface area contributed by atoms with E-state index in [0.29, 0.717) is 42.0 Å². The van der Waals surface area contributed by atoms with Gasteiger partial charge in [-0.05, 0) is 41.4 Å². The van der Waals surface area contributed by atoms with Gasteiger partial charge in [0.05, 0.1) is 23.8 Å². The third-order valence-corrected chi connectivity index (χ3v) is 4.04. The number of imide groups is 1. The predicted octanol–water partition coefficient (Wildman–Crippen LogP) is 2.16. The minimum absolute atomic E-state index is 0.211. The molecule has 0 bridgehead atoms. The number of halogens is 1. The molecule has 0 unspecified atom stereocenters. The molecule has 0 radical (unpaired) electrons. The summed E-state index contributed by atoms with van der Waals surface area (Å²) in [6, 6.07) is 3.00. The van der Waals surface area contributed by atoms with Crippen LogP contribution in [0.2, 0.25) is 0 Å². The highest BCUT2D eigenvalue weighted by molar-refractivity contribution is 9.10. The molecule has 130 valence electrons. The Kier molecular flexibility index (Phi) is 6.19. The van der Waals surface area contributed by atoms with Gasteiger partial charge in [0.2, 0.25) is 5.91 Å². The van der Waals surface area contributed by atoms with Crippen molar-refractivity contribution in [2.24, 2.45) is 0 Å². The van der Waals surface area contributed by atoms with Gasteiger partial charge in [-0.15, -0.1) is 0 Å². The van der Waals surface area contributed by atoms with E-state index in [4.69, 9.17) is 14.2 Å². The third kappa shape index (κ3) is 4.05.